The van der Waals surface area contributed by atoms with Crippen molar-refractivity contribution in [2.75, 3.05) is 33.9 Å². The highest BCUT2D eigenvalue weighted by molar-refractivity contribution is 5.85. The van der Waals surface area contributed by atoms with Crippen LogP contribution in [0.4, 0.5) is 0 Å². The molecule has 4 heteroatoms. The molecule has 3 atom stereocenters. The first-order valence-electron chi connectivity index (χ1n) is 11.5. The lowest BCUT2D eigenvalue weighted by Gasteiger charge is -2.53. The minimum atomic E-state index is -0.297. The number of hydrogen-bond acceptors (Lipinski definition) is 3. The highest BCUT2D eigenvalue weighted by atomic mass is 16.5. The quantitative estimate of drug-likeness (QED) is 0.654. The summed E-state index contributed by atoms with van der Waals surface area (Å²) in [6.45, 7) is 4.04. The van der Waals surface area contributed by atoms with Crippen LogP contribution in [0.2, 0.25) is 0 Å². The number of benzene rings is 2. The molecule has 1 aromatic heterocycles. The number of aliphatic hydroxyl groups excluding tert-OH is 1. The van der Waals surface area contributed by atoms with Gasteiger partial charge in [-0.15, -0.1) is 0 Å². The number of aliphatic hydroxyl groups is 1. The van der Waals surface area contributed by atoms with Crippen molar-refractivity contribution < 1.29 is 9.84 Å². The molecule has 1 aliphatic carbocycles. The zero-order valence-corrected chi connectivity index (χ0v) is 18.9. The highest BCUT2D eigenvalue weighted by Gasteiger charge is 2.53. The molecule has 1 aliphatic heterocycles. The minimum absolute atomic E-state index is 0.173. The van der Waals surface area contributed by atoms with Gasteiger partial charge in [0, 0.05) is 22.9 Å². The van der Waals surface area contributed by atoms with E-state index in [1.54, 1.807) is 0 Å². The molecule has 5 rings (SSSR count). The topological polar surface area (TPSA) is 48.5 Å². The third-order valence-electron chi connectivity index (χ3n) is 7.88. The van der Waals surface area contributed by atoms with Gasteiger partial charge in [0.1, 0.15) is 5.60 Å². The molecule has 0 radical (unpaired) electrons. The molecular weight excluding hydrogens is 384 g/mol. The van der Waals surface area contributed by atoms with Gasteiger partial charge in [0.25, 0.3) is 0 Å². The molecule has 0 bridgehead atoms. The Hall–Kier alpha value is -2.14. The Morgan fingerprint density at radius 3 is 2.65 bits per heavy atom. The number of hydrogen-bond donors (Lipinski definition) is 2. The van der Waals surface area contributed by atoms with E-state index in [-0.39, 0.29) is 17.6 Å². The van der Waals surface area contributed by atoms with Gasteiger partial charge in [-0.05, 0) is 75.4 Å². The van der Waals surface area contributed by atoms with Crippen molar-refractivity contribution in [2.45, 2.75) is 43.6 Å². The van der Waals surface area contributed by atoms with Crippen LogP contribution < -0.4 is 0 Å². The molecule has 1 fully saturated rings. The van der Waals surface area contributed by atoms with Crippen LogP contribution in [0.25, 0.3) is 10.9 Å². The molecule has 164 valence electrons. The minimum Gasteiger partial charge on any atom is -0.395 e. The van der Waals surface area contributed by atoms with Crippen LogP contribution in [0.15, 0.2) is 48.5 Å². The van der Waals surface area contributed by atoms with Crippen molar-refractivity contribution in [3.8, 4) is 0 Å². The lowest BCUT2D eigenvalue weighted by atomic mass is 9.57. The SMILES string of the molecule is Cc1ccccc1C1(CO)CCC2(CC1CN(C)C)OCCc1c2[nH]c2ccccc12. The van der Waals surface area contributed by atoms with E-state index < -0.39 is 0 Å². The van der Waals surface area contributed by atoms with E-state index in [9.17, 15) is 5.11 Å². The van der Waals surface area contributed by atoms with Crippen LogP contribution in [-0.4, -0.2) is 48.8 Å². The number of H-pyrrole nitrogens is 1. The van der Waals surface area contributed by atoms with Gasteiger partial charge in [-0.3, -0.25) is 0 Å². The summed E-state index contributed by atoms with van der Waals surface area (Å²) in [5.74, 6) is 0.291. The second kappa shape index (κ2) is 7.77. The van der Waals surface area contributed by atoms with Crippen molar-refractivity contribution in [3.05, 3.63) is 70.9 Å². The average Bonchev–Trinajstić information content (AvgIpc) is 3.15. The van der Waals surface area contributed by atoms with Crippen LogP contribution in [0.3, 0.4) is 0 Å². The van der Waals surface area contributed by atoms with Crippen LogP contribution >= 0.6 is 0 Å². The molecule has 1 spiro atoms. The van der Waals surface area contributed by atoms with Crippen LogP contribution in [0.5, 0.6) is 0 Å². The van der Waals surface area contributed by atoms with E-state index in [1.165, 1.54) is 33.3 Å². The van der Waals surface area contributed by atoms with Gasteiger partial charge in [0.05, 0.1) is 18.9 Å². The van der Waals surface area contributed by atoms with Gasteiger partial charge in [-0.25, -0.2) is 0 Å². The summed E-state index contributed by atoms with van der Waals surface area (Å²) in [5.41, 5.74) is 5.94. The zero-order valence-electron chi connectivity index (χ0n) is 18.9. The average molecular weight is 419 g/mol. The number of fused-ring (bicyclic) bond motifs is 4. The molecule has 4 nitrogen and oxygen atoms in total. The fourth-order valence-electron chi connectivity index (χ4n) is 6.41. The van der Waals surface area contributed by atoms with E-state index in [2.05, 4.69) is 79.4 Å². The van der Waals surface area contributed by atoms with E-state index in [4.69, 9.17) is 4.74 Å². The number of nitrogens with zero attached hydrogens (tertiary/aromatic N) is 1. The van der Waals surface area contributed by atoms with Crippen LogP contribution in [0, 0.1) is 12.8 Å². The second-order valence-corrected chi connectivity index (χ2v) is 9.91. The van der Waals surface area contributed by atoms with Gasteiger partial charge in [-0.2, -0.15) is 0 Å². The lowest BCUT2D eigenvalue weighted by molar-refractivity contribution is -0.124. The molecule has 2 heterocycles. The zero-order chi connectivity index (χ0) is 21.6. The predicted molar refractivity (Wildman–Crippen MR) is 125 cm³/mol. The summed E-state index contributed by atoms with van der Waals surface area (Å²) in [6.07, 6.45) is 3.72. The summed E-state index contributed by atoms with van der Waals surface area (Å²) in [4.78, 5) is 6.01. The maximum absolute atomic E-state index is 10.8. The fraction of sp³-hybridized carbons (Fsp3) is 0.481. The normalized spacial score (nSPS) is 28.4. The summed E-state index contributed by atoms with van der Waals surface area (Å²) in [7, 11) is 4.27. The lowest BCUT2D eigenvalue weighted by Crippen LogP contribution is -2.54. The summed E-state index contributed by atoms with van der Waals surface area (Å²) in [6, 6.07) is 17.2. The van der Waals surface area contributed by atoms with E-state index in [1.807, 2.05) is 0 Å². The smallest absolute Gasteiger partial charge is 0.108 e. The van der Waals surface area contributed by atoms with E-state index in [0.717, 1.165) is 38.8 Å². The van der Waals surface area contributed by atoms with Crippen molar-refractivity contribution in [1.29, 1.82) is 0 Å². The monoisotopic (exact) mass is 418 g/mol. The fourth-order valence-corrected chi connectivity index (χ4v) is 6.41. The maximum atomic E-state index is 10.8. The van der Waals surface area contributed by atoms with Crippen molar-refractivity contribution in [3.63, 3.8) is 0 Å². The first-order chi connectivity index (χ1) is 15.0. The molecule has 0 amide bonds. The predicted octanol–water partition coefficient (Wildman–Crippen LogP) is 4.54. The molecule has 1 saturated carbocycles. The molecule has 2 aromatic carbocycles. The highest BCUT2D eigenvalue weighted by Crippen LogP contribution is 2.54. The Morgan fingerprint density at radius 2 is 1.87 bits per heavy atom. The summed E-state index contributed by atoms with van der Waals surface area (Å²) in [5, 5.41) is 12.2. The van der Waals surface area contributed by atoms with Gasteiger partial charge in [0.2, 0.25) is 0 Å². The molecule has 3 aromatic rings. The number of para-hydroxylation sites is 1. The number of ether oxygens (including phenoxy) is 1. The number of aryl methyl sites for hydroxylation is 1. The Bertz CT molecular complexity index is 1090. The van der Waals surface area contributed by atoms with Crippen molar-refractivity contribution >= 4 is 10.9 Å². The van der Waals surface area contributed by atoms with E-state index >= 15 is 0 Å². The maximum Gasteiger partial charge on any atom is 0.108 e. The van der Waals surface area contributed by atoms with Crippen molar-refractivity contribution in [1.82, 2.24) is 9.88 Å². The standard InChI is InChI=1S/C27H34N2O2/c1-19-8-4-6-10-23(19)26(18-30)13-14-27(16-20(26)17-29(2)3)25-22(12-15-31-27)21-9-5-7-11-24(21)28-25/h4-11,20,28,30H,12-18H2,1-3H3. The van der Waals surface area contributed by atoms with Gasteiger partial charge < -0.3 is 19.7 Å². The van der Waals surface area contributed by atoms with E-state index in [0.29, 0.717) is 5.92 Å². The second-order valence-electron chi connectivity index (χ2n) is 9.91. The van der Waals surface area contributed by atoms with Crippen LogP contribution in [0.1, 0.15) is 41.6 Å². The van der Waals surface area contributed by atoms with Crippen LogP contribution in [-0.2, 0) is 22.2 Å². The molecular formula is C27H34N2O2. The largest absolute Gasteiger partial charge is 0.395 e. The molecule has 3 unspecified atom stereocenters. The van der Waals surface area contributed by atoms with Gasteiger partial charge in [0.15, 0.2) is 0 Å². The third-order valence-corrected chi connectivity index (χ3v) is 7.88. The number of aromatic amines is 1. The third kappa shape index (κ3) is 3.24. The summed E-state index contributed by atoms with van der Waals surface area (Å²) < 4.78 is 6.65. The Morgan fingerprint density at radius 1 is 1.10 bits per heavy atom. The molecule has 0 saturated heterocycles. The first kappa shape index (κ1) is 20.7. The molecule has 31 heavy (non-hydrogen) atoms. The van der Waals surface area contributed by atoms with Gasteiger partial charge >= 0.3 is 0 Å². The molecule has 2 N–H and O–H groups in total. The number of nitrogens with one attached hydrogen (secondary N) is 1. The first-order valence-corrected chi connectivity index (χ1v) is 11.5. The number of aromatic nitrogens is 1. The summed E-state index contributed by atoms with van der Waals surface area (Å²) >= 11 is 0. The Balaban J connectivity index is 1.61. The van der Waals surface area contributed by atoms with Crippen molar-refractivity contribution in [2.24, 2.45) is 5.92 Å². The Labute approximate surface area is 185 Å². The molecule has 2 aliphatic rings. The Kier molecular flexibility index (Phi) is 5.20. The van der Waals surface area contributed by atoms with Gasteiger partial charge in [-0.1, -0.05) is 42.5 Å². The number of rotatable bonds is 4.